The summed E-state index contributed by atoms with van der Waals surface area (Å²) < 4.78 is 35.2. The Kier molecular flexibility index (Phi) is 5.36. The number of carbonyl (C=O) groups is 1. The molecular weight excluding hydrogens is 424 g/mol. The van der Waals surface area contributed by atoms with E-state index in [-0.39, 0.29) is 29.2 Å². The zero-order valence-electron chi connectivity index (χ0n) is 16.5. The fraction of sp³-hybridized carbons (Fsp3) is 0.300. The molecule has 2 aliphatic rings. The second-order valence-corrected chi connectivity index (χ2v) is 8.84. The smallest absolute Gasteiger partial charge is 0.344 e. The Morgan fingerprint density at radius 1 is 1.26 bits per heavy atom. The van der Waals surface area contributed by atoms with Gasteiger partial charge in [0.05, 0.1) is 17.9 Å². The van der Waals surface area contributed by atoms with Crippen molar-refractivity contribution in [2.45, 2.75) is 12.8 Å². The van der Waals surface area contributed by atoms with E-state index in [1.807, 2.05) is 0 Å². The van der Waals surface area contributed by atoms with E-state index >= 15 is 0 Å². The van der Waals surface area contributed by atoms with Gasteiger partial charge >= 0.3 is 10.2 Å². The number of hydrogen-bond acceptors (Lipinski definition) is 7. The van der Waals surface area contributed by atoms with Crippen molar-refractivity contribution in [1.29, 1.82) is 0 Å². The summed E-state index contributed by atoms with van der Waals surface area (Å²) in [6.07, 6.45) is 1.65. The molecule has 31 heavy (non-hydrogen) atoms. The summed E-state index contributed by atoms with van der Waals surface area (Å²) in [5.74, 6) is -0.533. The van der Waals surface area contributed by atoms with Crippen molar-refractivity contribution < 1.29 is 28.2 Å². The third-order valence-corrected chi connectivity index (χ3v) is 6.16. The molecule has 0 bridgehead atoms. The van der Waals surface area contributed by atoms with E-state index in [1.54, 1.807) is 23.1 Å². The Balaban J connectivity index is 1.44. The van der Waals surface area contributed by atoms with E-state index in [4.69, 9.17) is 10.5 Å². The van der Waals surface area contributed by atoms with Crippen LogP contribution in [0.4, 0.5) is 5.69 Å². The minimum atomic E-state index is -3.87. The lowest BCUT2D eigenvalue weighted by Gasteiger charge is -2.33. The van der Waals surface area contributed by atoms with Crippen molar-refractivity contribution in [2.24, 2.45) is 16.0 Å². The van der Waals surface area contributed by atoms with Gasteiger partial charge in [-0.25, -0.2) is 0 Å². The summed E-state index contributed by atoms with van der Waals surface area (Å²) in [6, 6.07) is 8.92. The van der Waals surface area contributed by atoms with Crippen LogP contribution in [-0.4, -0.2) is 55.0 Å². The molecule has 1 saturated heterocycles. The Bertz CT molecular complexity index is 1160. The van der Waals surface area contributed by atoms with Crippen LogP contribution >= 0.6 is 0 Å². The van der Waals surface area contributed by atoms with Crippen LogP contribution in [0.5, 0.6) is 17.2 Å². The molecule has 11 heteroatoms. The summed E-state index contributed by atoms with van der Waals surface area (Å²) >= 11 is 0. The number of anilines is 1. The number of nitrogens with one attached hydrogen (secondary N) is 1. The van der Waals surface area contributed by atoms with Crippen LogP contribution in [-0.2, 0) is 10.2 Å². The van der Waals surface area contributed by atoms with E-state index in [0.29, 0.717) is 42.3 Å². The maximum absolute atomic E-state index is 12.8. The molecule has 0 spiro atoms. The highest BCUT2D eigenvalue weighted by atomic mass is 32.2. The summed E-state index contributed by atoms with van der Waals surface area (Å²) in [7, 11) is -3.87. The van der Waals surface area contributed by atoms with E-state index in [2.05, 4.69) is 9.12 Å². The van der Waals surface area contributed by atoms with Crippen LogP contribution < -0.4 is 15.2 Å². The van der Waals surface area contributed by atoms with Gasteiger partial charge in [-0.2, -0.15) is 8.42 Å². The van der Waals surface area contributed by atoms with Crippen molar-refractivity contribution in [3.63, 3.8) is 0 Å². The van der Waals surface area contributed by atoms with Gasteiger partial charge in [0.25, 0.3) is 5.91 Å². The van der Waals surface area contributed by atoms with Gasteiger partial charge in [0.2, 0.25) is 0 Å². The second-order valence-electron chi connectivity index (χ2n) is 7.51. The Labute approximate surface area is 179 Å². The number of rotatable bonds is 4. The van der Waals surface area contributed by atoms with Crippen molar-refractivity contribution in [1.82, 2.24) is 4.90 Å². The van der Waals surface area contributed by atoms with Gasteiger partial charge in [0.15, 0.2) is 17.3 Å². The minimum absolute atomic E-state index is 0.0534. The first-order valence-electron chi connectivity index (χ1n) is 9.69. The number of likely N-dealkylation sites (tertiary alicyclic amines) is 1. The fourth-order valence-corrected chi connectivity index (χ4v) is 4.61. The zero-order valence-corrected chi connectivity index (χ0v) is 17.3. The minimum Gasteiger partial charge on any atom is -0.504 e. The zero-order chi connectivity index (χ0) is 22.2. The van der Waals surface area contributed by atoms with Gasteiger partial charge < -0.3 is 25.6 Å². The summed E-state index contributed by atoms with van der Waals surface area (Å²) in [6.45, 7) is 1.35. The largest absolute Gasteiger partial charge is 0.504 e. The number of carbonyl (C=O) groups excluding carboxylic acids is 1. The number of nitrogens with zero attached hydrogens (tertiary/aromatic N) is 2. The molecule has 5 N–H and O–H groups in total. The first kappa shape index (κ1) is 20.8. The van der Waals surface area contributed by atoms with Gasteiger partial charge in [-0.05, 0) is 43.2 Å². The molecular formula is C20H22N4O6S. The molecule has 2 aliphatic heterocycles. The predicted molar refractivity (Wildman–Crippen MR) is 114 cm³/mol. The van der Waals surface area contributed by atoms with Crippen LogP contribution in [0.15, 0.2) is 40.8 Å². The van der Waals surface area contributed by atoms with Gasteiger partial charge in [-0.1, -0.05) is 6.07 Å². The van der Waals surface area contributed by atoms with Gasteiger partial charge in [0.1, 0.15) is 5.75 Å². The Morgan fingerprint density at radius 3 is 2.84 bits per heavy atom. The van der Waals surface area contributed by atoms with Crippen LogP contribution in [0.2, 0.25) is 0 Å². The number of hydrogen-bond donors (Lipinski definition) is 4. The summed E-state index contributed by atoms with van der Waals surface area (Å²) in [5, 5.41) is 19.1. The van der Waals surface area contributed by atoms with E-state index in [9.17, 15) is 23.4 Å². The number of phenolic OH excluding ortho intramolecular Hbond substituents is 2. The quantitative estimate of drug-likeness (QED) is 0.518. The molecule has 10 nitrogen and oxygen atoms in total. The molecule has 0 radical (unpaired) electrons. The highest BCUT2D eigenvalue weighted by Crippen LogP contribution is 2.31. The van der Waals surface area contributed by atoms with E-state index in [1.165, 1.54) is 18.2 Å². The SMILES string of the molecule is NC1=NS(=O)(=O)Nc2cccc(OC[C@H]3CCCN(C(=O)c4ccc(O)c(O)c4)C3)c21. The first-order valence-corrected chi connectivity index (χ1v) is 11.1. The summed E-state index contributed by atoms with van der Waals surface area (Å²) in [5.41, 5.74) is 6.83. The summed E-state index contributed by atoms with van der Waals surface area (Å²) in [4.78, 5) is 14.5. The number of aromatic hydroxyl groups is 2. The number of fused-ring (bicyclic) bond motifs is 1. The predicted octanol–water partition coefficient (Wildman–Crippen LogP) is 1.40. The molecule has 164 valence electrons. The molecule has 1 fully saturated rings. The lowest BCUT2D eigenvalue weighted by Crippen LogP contribution is -2.41. The van der Waals surface area contributed by atoms with Gasteiger partial charge in [-0.15, -0.1) is 4.40 Å². The molecule has 2 aromatic carbocycles. The number of amidine groups is 1. The molecule has 1 amide bonds. The maximum atomic E-state index is 12.8. The fourth-order valence-electron chi connectivity index (χ4n) is 3.77. The molecule has 2 heterocycles. The van der Waals surface area contributed by atoms with Crippen molar-refractivity contribution in [3.8, 4) is 17.2 Å². The molecule has 1 atom stereocenters. The van der Waals surface area contributed by atoms with Crippen LogP contribution in [0.3, 0.4) is 0 Å². The number of phenols is 2. The van der Waals surface area contributed by atoms with Gasteiger partial charge in [0, 0.05) is 24.6 Å². The highest BCUT2D eigenvalue weighted by molar-refractivity contribution is 7.91. The number of benzene rings is 2. The van der Waals surface area contributed by atoms with E-state index in [0.717, 1.165) is 12.8 Å². The highest BCUT2D eigenvalue weighted by Gasteiger charge is 2.27. The molecule has 0 unspecified atom stereocenters. The third kappa shape index (κ3) is 4.36. The number of ether oxygens (including phenoxy) is 1. The molecule has 0 aromatic heterocycles. The average Bonchev–Trinajstić information content (AvgIpc) is 2.72. The first-order chi connectivity index (χ1) is 14.7. The van der Waals surface area contributed by atoms with Crippen molar-refractivity contribution in [3.05, 3.63) is 47.5 Å². The third-order valence-electron chi connectivity index (χ3n) is 5.24. The number of amides is 1. The normalized spacial score (nSPS) is 19.7. The maximum Gasteiger partial charge on any atom is 0.344 e. The molecule has 2 aromatic rings. The molecule has 4 rings (SSSR count). The van der Waals surface area contributed by atoms with Gasteiger partial charge in [-0.3, -0.25) is 9.52 Å². The molecule has 0 saturated carbocycles. The van der Waals surface area contributed by atoms with Crippen LogP contribution in [0.1, 0.15) is 28.8 Å². The average molecular weight is 446 g/mol. The van der Waals surface area contributed by atoms with Crippen molar-refractivity contribution in [2.75, 3.05) is 24.4 Å². The lowest BCUT2D eigenvalue weighted by atomic mass is 9.98. The Morgan fingerprint density at radius 2 is 2.06 bits per heavy atom. The van der Waals surface area contributed by atoms with Crippen LogP contribution in [0.25, 0.3) is 0 Å². The monoisotopic (exact) mass is 446 g/mol. The second kappa shape index (κ2) is 7.99. The number of piperidine rings is 1. The van der Waals surface area contributed by atoms with Crippen LogP contribution in [0, 0.1) is 5.92 Å². The topological polar surface area (TPSA) is 155 Å². The lowest BCUT2D eigenvalue weighted by molar-refractivity contribution is 0.0633. The number of nitrogens with two attached hydrogens (primary N) is 1. The Hall–Kier alpha value is -3.47. The van der Waals surface area contributed by atoms with E-state index < -0.39 is 10.2 Å². The standard InChI is InChI=1S/C20H22N4O6S/c21-19-18-14(22-31(28,29)23-19)4-1-5-17(18)30-11-12-3-2-8-24(10-12)20(27)13-6-7-15(25)16(26)9-13/h1,4-7,9,12,22,25-26H,2-3,8,10-11H2,(H2,21,23)/t12-/m0/s1. The molecule has 0 aliphatic carbocycles. The van der Waals surface area contributed by atoms with Crippen molar-refractivity contribution >= 4 is 27.6 Å².